The molecule has 2 aromatic carbocycles. The third kappa shape index (κ3) is 6.26. The van der Waals surface area contributed by atoms with Gasteiger partial charge in [0, 0.05) is 0 Å². The van der Waals surface area contributed by atoms with Gasteiger partial charge in [0.1, 0.15) is 5.75 Å². The minimum atomic E-state index is -0.329. The smallest absolute Gasteiger partial charge is 0.338 e. The zero-order valence-corrected chi connectivity index (χ0v) is 16.5. The molecule has 0 saturated carbocycles. The number of hydrogen-bond donors (Lipinski definition) is 2. The molecule has 25 heavy (non-hydrogen) atoms. The van der Waals surface area contributed by atoms with E-state index in [1.165, 1.54) is 0 Å². The molecule has 0 saturated heterocycles. The molecule has 7 heteroatoms. The maximum atomic E-state index is 11.6. The predicted molar refractivity (Wildman–Crippen MR) is 110 cm³/mol. The van der Waals surface area contributed by atoms with E-state index in [4.69, 9.17) is 15.2 Å². The molecule has 3 N–H and O–H groups in total. The molecular weight excluding hydrogens is 433 g/mol. The van der Waals surface area contributed by atoms with Crippen molar-refractivity contribution in [1.82, 2.24) is 0 Å². The Kier molecular flexibility index (Phi) is 8.76. The van der Waals surface area contributed by atoms with Crippen molar-refractivity contribution in [2.45, 2.75) is 13.5 Å². The lowest BCUT2D eigenvalue weighted by Crippen LogP contribution is -2.22. The number of nitrogens with zero attached hydrogens (tertiary/aromatic N) is 1. The van der Waals surface area contributed by atoms with Gasteiger partial charge in [0.15, 0.2) is 5.96 Å². The van der Waals surface area contributed by atoms with Gasteiger partial charge in [-0.2, -0.15) is 0 Å². The number of benzene rings is 2. The highest BCUT2D eigenvalue weighted by Crippen LogP contribution is 2.22. The number of ether oxygens (including phenoxy) is 2. The zero-order valence-electron chi connectivity index (χ0n) is 14.2. The van der Waals surface area contributed by atoms with Crippen molar-refractivity contribution in [3.05, 3.63) is 59.7 Å². The molecule has 0 bridgehead atoms. The molecule has 0 aliphatic carbocycles. The van der Waals surface area contributed by atoms with Gasteiger partial charge in [-0.3, -0.25) is 0 Å². The van der Waals surface area contributed by atoms with Crippen LogP contribution in [-0.4, -0.2) is 25.6 Å². The van der Waals surface area contributed by atoms with E-state index in [0.29, 0.717) is 24.5 Å². The molecule has 0 spiro atoms. The van der Waals surface area contributed by atoms with E-state index in [-0.39, 0.29) is 35.9 Å². The van der Waals surface area contributed by atoms with Crippen LogP contribution in [0.25, 0.3) is 0 Å². The third-order valence-corrected chi connectivity index (χ3v) is 3.27. The first-order valence-corrected chi connectivity index (χ1v) is 7.60. The fourth-order valence-electron chi connectivity index (χ4n) is 2.06. The monoisotopic (exact) mass is 455 g/mol. The van der Waals surface area contributed by atoms with Crippen molar-refractivity contribution in [3.63, 3.8) is 0 Å². The first-order chi connectivity index (χ1) is 11.6. The van der Waals surface area contributed by atoms with Gasteiger partial charge in [-0.25, -0.2) is 9.79 Å². The van der Waals surface area contributed by atoms with Gasteiger partial charge in [0.25, 0.3) is 0 Å². The molecular formula is C18H22IN3O3. The molecule has 0 atom stereocenters. The van der Waals surface area contributed by atoms with Crippen LogP contribution in [0.1, 0.15) is 22.8 Å². The molecule has 2 aromatic rings. The second-order valence-electron chi connectivity index (χ2n) is 4.94. The van der Waals surface area contributed by atoms with E-state index in [1.807, 2.05) is 36.4 Å². The summed E-state index contributed by atoms with van der Waals surface area (Å²) < 4.78 is 10.2. The van der Waals surface area contributed by atoms with E-state index >= 15 is 0 Å². The zero-order chi connectivity index (χ0) is 17.4. The van der Waals surface area contributed by atoms with E-state index in [2.05, 4.69) is 10.3 Å². The number of aliphatic imine (C=N–C) groups is 1. The summed E-state index contributed by atoms with van der Waals surface area (Å²) in [6.45, 7) is 2.53. The predicted octanol–water partition coefficient (Wildman–Crippen LogP) is 3.42. The van der Waals surface area contributed by atoms with Crippen LogP contribution in [0.4, 0.5) is 5.69 Å². The topological polar surface area (TPSA) is 85.9 Å². The third-order valence-electron chi connectivity index (χ3n) is 3.27. The number of anilines is 1. The maximum Gasteiger partial charge on any atom is 0.338 e. The summed E-state index contributed by atoms with van der Waals surface area (Å²) in [5.74, 6) is 0.647. The van der Waals surface area contributed by atoms with Gasteiger partial charge in [-0.05, 0) is 36.8 Å². The lowest BCUT2D eigenvalue weighted by atomic mass is 10.1. The average Bonchev–Trinajstić information content (AvgIpc) is 2.61. The fraction of sp³-hybridized carbons (Fsp3) is 0.222. The molecule has 134 valence electrons. The van der Waals surface area contributed by atoms with Crippen LogP contribution in [0.15, 0.2) is 53.5 Å². The van der Waals surface area contributed by atoms with Crippen LogP contribution in [0.3, 0.4) is 0 Å². The quantitative estimate of drug-likeness (QED) is 0.302. The Labute approximate surface area is 164 Å². The lowest BCUT2D eigenvalue weighted by Gasteiger charge is -2.10. The molecule has 0 heterocycles. The molecule has 0 aliphatic rings. The highest BCUT2D eigenvalue weighted by atomic mass is 127. The highest BCUT2D eigenvalue weighted by molar-refractivity contribution is 14.0. The number of halogens is 1. The second-order valence-corrected chi connectivity index (χ2v) is 4.94. The number of rotatable bonds is 6. The van der Waals surface area contributed by atoms with Crippen molar-refractivity contribution in [2.75, 3.05) is 19.0 Å². The average molecular weight is 455 g/mol. The Hall–Kier alpha value is -2.29. The first-order valence-electron chi connectivity index (χ1n) is 7.60. The van der Waals surface area contributed by atoms with Crippen LogP contribution in [0.5, 0.6) is 5.75 Å². The first kappa shape index (κ1) is 20.8. The summed E-state index contributed by atoms with van der Waals surface area (Å²) in [5.41, 5.74) is 8.11. The summed E-state index contributed by atoms with van der Waals surface area (Å²) in [6.07, 6.45) is 0. The molecule has 2 rings (SSSR count). The second kappa shape index (κ2) is 10.5. The molecule has 0 amide bonds. The van der Waals surface area contributed by atoms with E-state index in [1.54, 1.807) is 26.2 Å². The minimum Gasteiger partial charge on any atom is -0.495 e. The van der Waals surface area contributed by atoms with Crippen LogP contribution in [0.2, 0.25) is 0 Å². The van der Waals surface area contributed by atoms with Crippen LogP contribution >= 0.6 is 24.0 Å². The van der Waals surface area contributed by atoms with Gasteiger partial charge < -0.3 is 20.5 Å². The number of hydrogen-bond acceptors (Lipinski definition) is 4. The van der Waals surface area contributed by atoms with Crippen molar-refractivity contribution in [2.24, 2.45) is 10.7 Å². The number of carbonyl (C=O) groups excluding carboxylic acids is 1. The van der Waals surface area contributed by atoms with Crippen molar-refractivity contribution < 1.29 is 14.3 Å². The fourth-order valence-corrected chi connectivity index (χ4v) is 2.06. The van der Waals surface area contributed by atoms with E-state index < -0.39 is 0 Å². The van der Waals surface area contributed by atoms with Gasteiger partial charge >= 0.3 is 5.97 Å². The Morgan fingerprint density at radius 2 is 1.84 bits per heavy atom. The van der Waals surface area contributed by atoms with Crippen LogP contribution in [-0.2, 0) is 11.3 Å². The van der Waals surface area contributed by atoms with Crippen LogP contribution in [0, 0.1) is 0 Å². The number of nitrogens with one attached hydrogen (secondary N) is 1. The lowest BCUT2D eigenvalue weighted by molar-refractivity contribution is 0.0526. The summed E-state index contributed by atoms with van der Waals surface area (Å²) >= 11 is 0. The summed E-state index contributed by atoms with van der Waals surface area (Å²) in [5, 5.41) is 3.01. The van der Waals surface area contributed by atoms with Crippen molar-refractivity contribution >= 4 is 41.6 Å². The normalized spacial score (nSPS) is 10.6. The number of carbonyl (C=O) groups is 1. The number of para-hydroxylation sites is 2. The maximum absolute atomic E-state index is 11.6. The van der Waals surface area contributed by atoms with Gasteiger partial charge in [-0.1, -0.05) is 24.3 Å². The number of methoxy groups -OCH3 is 1. The Balaban J connectivity index is 0.00000312. The largest absolute Gasteiger partial charge is 0.495 e. The summed E-state index contributed by atoms with van der Waals surface area (Å²) in [4.78, 5) is 15.9. The number of esters is 1. The van der Waals surface area contributed by atoms with Crippen LogP contribution < -0.4 is 15.8 Å². The summed E-state index contributed by atoms with van der Waals surface area (Å²) in [6, 6.07) is 14.5. The standard InChI is InChI=1S/C18H21N3O3.HI/c1-3-24-17(22)14-10-8-13(9-11-14)12-20-18(19)21-15-6-4-5-7-16(15)23-2;/h4-11H,3,12H2,1-2H3,(H3,19,20,21);1H. The van der Waals surface area contributed by atoms with Gasteiger partial charge in [0.2, 0.25) is 0 Å². The molecule has 0 aliphatic heterocycles. The SMILES string of the molecule is CCOC(=O)c1ccc(CN=C(N)Nc2ccccc2OC)cc1.I. The van der Waals surface area contributed by atoms with Gasteiger partial charge in [-0.15, -0.1) is 24.0 Å². The molecule has 6 nitrogen and oxygen atoms in total. The molecule has 0 aromatic heterocycles. The molecule has 0 radical (unpaired) electrons. The number of nitrogens with two attached hydrogens (primary N) is 1. The molecule has 0 unspecified atom stereocenters. The van der Waals surface area contributed by atoms with E-state index in [0.717, 1.165) is 11.3 Å². The Bertz CT molecular complexity index is 718. The van der Waals surface area contributed by atoms with E-state index in [9.17, 15) is 4.79 Å². The highest BCUT2D eigenvalue weighted by Gasteiger charge is 2.06. The summed E-state index contributed by atoms with van der Waals surface area (Å²) in [7, 11) is 1.60. The Morgan fingerprint density at radius 3 is 2.48 bits per heavy atom. The number of guanidine groups is 1. The van der Waals surface area contributed by atoms with Gasteiger partial charge in [0.05, 0.1) is 31.5 Å². The minimum absolute atomic E-state index is 0. The molecule has 0 fully saturated rings. The Morgan fingerprint density at radius 1 is 1.16 bits per heavy atom. The van der Waals surface area contributed by atoms with Crippen molar-refractivity contribution in [3.8, 4) is 5.75 Å². The van der Waals surface area contributed by atoms with Crippen molar-refractivity contribution in [1.29, 1.82) is 0 Å².